The van der Waals surface area contributed by atoms with Gasteiger partial charge in [-0.25, -0.2) is 18.6 Å². The molecule has 0 aliphatic rings. The maximum absolute atomic E-state index is 13.9. The van der Waals surface area contributed by atoms with Crippen LogP contribution >= 0.6 is 27.5 Å². The molecule has 2 aromatic rings. The second-order valence-electron chi connectivity index (χ2n) is 4.05. The quantitative estimate of drug-likeness (QED) is 0.635. The molecule has 0 heterocycles. The summed E-state index contributed by atoms with van der Waals surface area (Å²) in [6.45, 7) is 0. The van der Waals surface area contributed by atoms with Crippen LogP contribution in [-0.2, 0) is 0 Å². The first-order valence-electron chi connectivity index (χ1n) is 5.49. The van der Waals surface area contributed by atoms with E-state index in [4.69, 9.17) is 17.4 Å². The highest BCUT2D eigenvalue weighted by Crippen LogP contribution is 2.31. The van der Waals surface area contributed by atoms with Gasteiger partial charge in [0, 0.05) is 20.6 Å². The van der Waals surface area contributed by atoms with Gasteiger partial charge in [-0.3, -0.25) is 5.84 Å². The first kappa shape index (κ1) is 15.3. The highest BCUT2D eigenvalue weighted by molar-refractivity contribution is 9.10. The lowest BCUT2D eigenvalue weighted by Gasteiger charge is -2.19. The Balaban J connectivity index is 2.58. The molecular formula is C13H9BrClF3N2. The Morgan fingerprint density at radius 3 is 2.15 bits per heavy atom. The molecule has 1 atom stereocenters. The van der Waals surface area contributed by atoms with E-state index in [0.29, 0.717) is 0 Å². The first-order chi connectivity index (χ1) is 9.43. The summed E-state index contributed by atoms with van der Waals surface area (Å²) < 4.78 is 42.0. The predicted molar refractivity (Wildman–Crippen MR) is 74.6 cm³/mol. The number of nitrogens with two attached hydrogens (primary N) is 1. The van der Waals surface area contributed by atoms with E-state index in [9.17, 15) is 13.2 Å². The molecule has 0 radical (unpaired) electrons. The third-order valence-corrected chi connectivity index (χ3v) is 3.47. The molecule has 0 fully saturated rings. The van der Waals surface area contributed by atoms with Gasteiger partial charge in [-0.05, 0) is 24.3 Å². The van der Waals surface area contributed by atoms with E-state index in [1.165, 1.54) is 12.1 Å². The van der Waals surface area contributed by atoms with Gasteiger partial charge in [-0.1, -0.05) is 33.6 Å². The average Bonchev–Trinajstić information content (AvgIpc) is 2.34. The molecule has 3 N–H and O–H groups in total. The van der Waals surface area contributed by atoms with Crippen molar-refractivity contribution in [2.45, 2.75) is 6.04 Å². The van der Waals surface area contributed by atoms with Crippen molar-refractivity contribution in [1.82, 2.24) is 5.43 Å². The SMILES string of the molecule is NNC(c1ccc(Cl)cc1F)c1c(F)cc(Br)cc1F. The van der Waals surface area contributed by atoms with Crippen molar-refractivity contribution in [3.63, 3.8) is 0 Å². The van der Waals surface area contributed by atoms with Crippen molar-refractivity contribution in [3.05, 3.63) is 68.4 Å². The van der Waals surface area contributed by atoms with Gasteiger partial charge >= 0.3 is 0 Å². The Morgan fingerprint density at radius 2 is 1.65 bits per heavy atom. The molecule has 0 aliphatic heterocycles. The minimum Gasteiger partial charge on any atom is -0.271 e. The number of hydrazine groups is 1. The molecule has 0 aliphatic carbocycles. The van der Waals surface area contributed by atoms with Gasteiger partial charge in [0.05, 0.1) is 6.04 Å². The third kappa shape index (κ3) is 2.98. The van der Waals surface area contributed by atoms with Gasteiger partial charge in [0.15, 0.2) is 0 Å². The largest absolute Gasteiger partial charge is 0.271 e. The number of benzene rings is 2. The van der Waals surface area contributed by atoms with Crippen LogP contribution in [0.25, 0.3) is 0 Å². The number of nitrogens with one attached hydrogen (secondary N) is 1. The molecule has 1 unspecified atom stereocenters. The zero-order chi connectivity index (χ0) is 14.9. The molecule has 2 aromatic carbocycles. The van der Waals surface area contributed by atoms with E-state index < -0.39 is 23.5 Å². The number of hydrogen-bond donors (Lipinski definition) is 2. The van der Waals surface area contributed by atoms with Gasteiger partial charge < -0.3 is 0 Å². The van der Waals surface area contributed by atoms with Gasteiger partial charge in [-0.2, -0.15) is 0 Å². The lowest BCUT2D eigenvalue weighted by molar-refractivity contribution is 0.494. The molecular weight excluding hydrogens is 357 g/mol. The fraction of sp³-hybridized carbons (Fsp3) is 0.0769. The molecule has 0 spiro atoms. The van der Waals surface area contributed by atoms with Gasteiger partial charge in [0.25, 0.3) is 0 Å². The predicted octanol–water partition coefficient (Wildman–Crippen LogP) is 4.07. The summed E-state index contributed by atoms with van der Waals surface area (Å²) in [4.78, 5) is 0. The zero-order valence-electron chi connectivity index (χ0n) is 9.93. The fourth-order valence-corrected chi connectivity index (χ4v) is 2.45. The zero-order valence-corrected chi connectivity index (χ0v) is 12.3. The Morgan fingerprint density at radius 1 is 1.05 bits per heavy atom. The first-order valence-corrected chi connectivity index (χ1v) is 6.66. The van der Waals surface area contributed by atoms with Crippen molar-refractivity contribution in [3.8, 4) is 0 Å². The van der Waals surface area contributed by atoms with Crippen LogP contribution in [0.1, 0.15) is 17.2 Å². The van der Waals surface area contributed by atoms with Crippen molar-refractivity contribution in [2.24, 2.45) is 5.84 Å². The lowest BCUT2D eigenvalue weighted by Crippen LogP contribution is -2.31. The molecule has 106 valence electrons. The van der Waals surface area contributed by atoms with Crippen molar-refractivity contribution in [2.75, 3.05) is 0 Å². The van der Waals surface area contributed by atoms with Crippen molar-refractivity contribution >= 4 is 27.5 Å². The average molecular weight is 366 g/mol. The van der Waals surface area contributed by atoms with Crippen LogP contribution in [0.15, 0.2) is 34.8 Å². The molecule has 7 heteroatoms. The molecule has 2 nitrogen and oxygen atoms in total. The number of rotatable bonds is 3. The smallest absolute Gasteiger partial charge is 0.132 e. The molecule has 2 rings (SSSR count). The number of halogens is 5. The Kier molecular flexibility index (Phi) is 4.70. The van der Waals surface area contributed by atoms with Crippen LogP contribution in [0, 0.1) is 17.5 Å². The summed E-state index contributed by atoms with van der Waals surface area (Å²) in [5, 5.41) is 0.179. The summed E-state index contributed by atoms with van der Waals surface area (Å²) in [6, 6.07) is 4.78. The van der Waals surface area contributed by atoms with Crippen LogP contribution in [0.3, 0.4) is 0 Å². The van der Waals surface area contributed by atoms with E-state index in [0.717, 1.165) is 18.2 Å². The summed E-state index contributed by atoms with van der Waals surface area (Å²) >= 11 is 8.62. The standard InChI is InChI=1S/C13H9BrClF3N2/c14-6-3-10(17)12(11(18)4-6)13(20-19)8-2-1-7(15)5-9(8)16/h1-5,13,20H,19H2. The minimum atomic E-state index is -1.17. The van der Waals surface area contributed by atoms with E-state index in [2.05, 4.69) is 21.4 Å². The second kappa shape index (κ2) is 6.13. The third-order valence-electron chi connectivity index (χ3n) is 2.77. The summed E-state index contributed by atoms with van der Waals surface area (Å²) in [7, 11) is 0. The topological polar surface area (TPSA) is 38.0 Å². The summed E-state index contributed by atoms with van der Waals surface area (Å²) in [5.41, 5.74) is 1.85. The van der Waals surface area contributed by atoms with Gasteiger partial charge in [-0.15, -0.1) is 0 Å². The van der Waals surface area contributed by atoms with Crippen LogP contribution in [0.5, 0.6) is 0 Å². The Bertz CT molecular complexity index is 629. The molecule has 20 heavy (non-hydrogen) atoms. The highest BCUT2D eigenvalue weighted by atomic mass is 79.9. The van der Waals surface area contributed by atoms with Crippen LogP contribution < -0.4 is 11.3 Å². The van der Waals surface area contributed by atoms with Crippen molar-refractivity contribution < 1.29 is 13.2 Å². The summed E-state index contributed by atoms with van der Waals surface area (Å²) in [6.07, 6.45) is 0. The maximum Gasteiger partial charge on any atom is 0.132 e. The van der Waals surface area contributed by atoms with E-state index in [1.807, 2.05) is 0 Å². The highest BCUT2D eigenvalue weighted by Gasteiger charge is 2.24. The molecule has 0 aromatic heterocycles. The molecule has 0 saturated carbocycles. The van der Waals surface area contributed by atoms with Crippen molar-refractivity contribution in [1.29, 1.82) is 0 Å². The lowest BCUT2D eigenvalue weighted by atomic mass is 9.98. The molecule has 0 bridgehead atoms. The van der Waals surface area contributed by atoms with Crippen LogP contribution in [-0.4, -0.2) is 0 Å². The molecule has 0 amide bonds. The maximum atomic E-state index is 13.9. The minimum absolute atomic E-state index is 0.00276. The van der Waals surface area contributed by atoms with Gasteiger partial charge in [0.1, 0.15) is 17.5 Å². The van der Waals surface area contributed by atoms with Crippen LogP contribution in [0.2, 0.25) is 5.02 Å². The number of hydrogen-bond acceptors (Lipinski definition) is 2. The second-order valence-corrected chi connectivity index (χ2v) is 5.40. The molecule has 0 saturated heterocycles. The summed E-state index contributed by atoms with van der Waals surface area (Å²) in [5.74, 6) is 2.94. The van der Waals surface area contributed by atoms with E-state index in [-0.39, 0.29) is 20.6 Å². The van der Waals surface area contributed by atoms with Gasteiger partial charge in [0.2, 0.25) is 0 Å². The monoisotopic (exact) mass is 364 g/mol. The Hall–Kier alpha value is -1.08. The normalized spacial score (nSPS) is 12.5. The van der Waals surface area contributed by atoms with E-state index >= 15 is 0 Å². The fourth-order valence-electron chi connectivity index (χ4n) is 1.89. The Labute approximate surface area is 126 Å². The van der Waals surface area contributed by atoms with Crippen LogP contribution in [0.4, 0.5) is 13.2 Å². The van der Waals surface area contributed by atoms with E-state index in [1.54, 1.807) is 0 Å².